The third kappa shape index (κ3) is 4.36. The van der Waals surface area contributed by atoms with Gasteiger partial charge in [-0.1, -0.05) is 12.1 Å². The van der Waals surface area contributed by atoms with Crippen molar-refractivity contribution in [3.05, 3.63) is 59.2 Å². The maximum absolute atomic E-state index is 12.6. The predicted octanol–water partition coefficient (Wildman–Crippen LogP) is 4.26. The number of carbonyl (C=O) groups excluding carboxylic acids is 1. The van der Waals surface area contributed by atoms with E-state index in [-0.39, 0.29) is 18.9 Å². The summed E-state index contributed by atoms with van der Waals surface area (Å²) in [4.78, 5) is 17.7. The lowest BCUT2D eigenvalue weighted by Crippen LogP contribution is -2.27. The molecule has 1 amide bonds. The van der Waals surface area contributed by atoms with Crippen LogP contribution in [0.15, 0.2) is 57.2 Å². The fourth-order valence-electron chi connectivity index (χ4n) is 3.62. The number of fused-ring (bicyclic) bond motifs is 1. The van der Waals surface area contributed by atoms with Gasteiger partial charge in [-0.05, 0) is 49.2 Å². The number of carbonyl (C=O) groups is 1. The summed E-state index contributed by atoms with van der Waals surface area (Å²) in [6.45, 7) is 1.39. The number of nitrogens with one attached hydrogen (secondary N) is 1. The molecule has 1 N–H and O–H groups in total. The number of benzene rings is 1. The molecule has 4 aromatic rings. The second-order valence-electron chi connectivity index (χ2n) is 7.54. The van der Waals surface area contributed by atoms with E-state index in [1.54, 1.807) is 23.5 Å². The standard InChI is InChI=1S/C22H21N3O4S3/c26-20(13-16-8-10-21(30-16)32(27,28)25-11-3-4-12-25)23-14-15-7-9-18(29-15)22-24-17-5-1-2-6-19(17)31-22/h1-2,5-10H,3-4,11-14H2,(H,23,26). The smallest absolute Gasteiger partial charge is 0.252 e. The molecule has 10 heteroatoms. The van der Waals surface area contributed by atoms with E-state index >= 15 is 0 Å². The number of hydrogen-bond donors (Lipinski definition) is 1. The molecule has 1 saturated heterocycles. The van der Waals surface area contributed by atoms with Crippen LogP contribution in [0.5, 0.6) is 0 Å². The van der Waals surface area contributed by atoms with Crippen molar-refractivity contribution in [1.82, 2.24) is 14.6 Å². The van der Waals surface area contributed by atoms with Crippen molar-refractivity contribution in [3.63, 3.8) is 0 Å². The van der Waals surface area contributed by atoms with Crippen molar-refractivity contribution in [3.8, 4) is 10.8 Å². The Hall–Kier alpha value is -2.53. The fraction of sp³-hybridized carbons (Fsp3) is 0.273. The van der Waals surface area contributed by atoms with E-state index in [0.717, 1.165) is 44.3 Å². The molecule has 0 atom stereocenters. The van der Waals surface area contributed by atoms with Gasteiger partial charge in [0, 0.05) is 18.0 Å². The maximum atomic E-state index is 12.6. The number of thiophene rings is 1. The summed E-state index contributed by atoms with van der Waals surface area (Å²) < 4.78 is 34.0. The highest BCUT2D eigenvalue weighted by atomic mass is 32.2. The van der Waals surface area contributed by atoms with Crippen molar-refractivity contribution in [2.24, 2.45) is 0 Å². The summed E-state index contributed by atoms with van der Waals surface area (Å²) in [6, 6.07) is 14.9. The Morgan fingerprint density at radius 1 is 1.06 bits per heavy atom. The summed E-state index contributed by atoms with van der Waals surface area (Å²) in [5.41, 5.74) is 0.931. The Morgan fingerprint density at radius 3 is 2.69 bits per heavy atom. The van der Waals surface area contributed by atoms with E-state index in [1.165, 1.54) is 4.31 Å². The lowest BCUT2D eigenvalue weighted by Gasteiger charge is -2.13. The van der Waals surface area contributed by atoms with Crippen LogP contribution in [0.2, 0.25) is 0 Å². The van der Waals surface area contributed by atoms with Crippen LogP contribution in [-0.2, 0) is 27.8 Å². The zero-order valence-electron chi connectivity index (χ0n) is 17.1. The average Bonchev–Trinajstić information content (AvgIpc) is 3.58. The summed E-state index contributed by atoms with van der Waals surface area (Å²) in [6.07, 6.45) is 1.92. The quantitative estimate of drug-likeness (QED) is 0.420. The molecule has 1 aliphatic rings. The van der Waals surface area contributed by atoms with Crippen molar-refractivity contribution < 1.29 is 17.6 Å². The highest BCUT2D eigenvalue weighted by molar-refractivity contribution is 7.91. The van der Waals surface area contributed by atoms with E-state index in [4.69, 9.17) is 4.42 Å². The predicted molar refractivity (Wildman–Crippen MR) is 125 cm³/mol. The van der Waals surface area contributed by atoms with Crippen LogP contribution in [0, 0.1) is 0 Å². The first kappa shape index (κ1) is 21.3. The van der Waals surface area contributed by atoms with Gasteiger partial charge < -0.3 is 9.73 Å². The Balaban J connectivity index is 1.18. The number of nitrogens with zero attached hydrogens (tertiary/aromatic N) is 2. The van der Waals surface area contributed by atoms with E-state index in [1.807, 2.05) is 36.4 Å². The third-order valence-electron chi connectivity index (χ3n) is 5.26. The highest BCUT2D eigenvalue weighted by Crippen LogP contribution is 2.31. The molecule has 0 radical (unpaired) electrons. The summed E-state index contributed by atoms with van der Waals surface area (Å²) in [7, 11) is -3.44. The Bertz CT molecular complexity index is 1330. The van der Waals surface area contributed by atoms with Crippen LogP contribution in [-0.4, -0.2) is 36.7 Å². The zero-order valence-corrected chi connectivity index (χ0v) is 19.6. The Labute approximate surface area is 193 Å². The minimum atomic E-state index is -3.44. The van der Waals surface area contributed by atoms with Crippen LogP contribution in [0.3, 0.4) is 0 Å². The number of hydrogen-bond acceptors (Lipinski definition) is 7. The molecule has 32 heavy (non-hydrogen) atoms. The van der Waals surface area contributed by atoms with Gasteiger partial charge in [0.15, 0.2) is 10.8 Å². The molecule has 1 aliphatic heterocycles. The molecule has 166 valence electrons. The van der Waals surface area contributed by atoms with Crippen molar-refractivity contribution in [2.75, 3.05) is 13.1 Å². The molecule has 0 bridgehead atoms. The molecule has 3 aromatic heterocycles. The van der Waals surface area contributed by atoms with Crippen molar-refractivity contribution >= 4 is 48.8 Å². The number of amides is 1. The monoisotopic (exact) mass is 487 g/mol. The SMILES string of the molecule is O=C(Cc1ccc(S(=O)(=O)N2CCCC2)s1)NCc1ccc(-c2nc3ccccc3s2)o1. The van der Waals surface area contributed by atoms with Crippen LogP contribution < -0.4 is 5.32 Å². The second-order valence-corrected chi connectivity index (χ2v) is 11.9. The summed E-state index contributed by atoms with van der Waals surface area (Å²) >= 11 is 2.72. The van der Waals surface area contributed by atoms with Crippen molar-refractivity contribution in [1.29, 1.82) is 0 Å². The number of sulfonamides is 1. The number of aromatic nitrogens is 1. The molecule has 5 rings (SSSR count). The lowest BCUT2D eigenvalue weighted by molar-refractivity contribution is -0.120. The minimum Gasteiger partial charge on any atom is -0.457 e. The largest absolute Gasteiger partial charge is 0.457 e. The Kier molecular flexibility index (Phi) is 5.85. The van der Waals surface area contributed by atoms with E-state index in [2.05, 4.69) is 10.3 Å². The van der Waals surface area contributed by atoms with Gasteiger partial charge in [0.1, 0.15) is 9.97 Å². The lowest BCUT2D eigenvalue weighted by atomic mass is 10.3. The van der Waals surface area contributed by atoms with Gasteiger partial charge in [-0.2, -0.15) is 4.31 Å². The summed E-state index contributed by atoms with van der Waals surface area (Å²) in [5.74, 6) is 1.12. The first-order valence-corrected chi connectivity index (χ1v) is 13.4. The summed E-state index contributed by atoms with van der Waals surface area (Å²) in [5, 5.41) is 3.64. The first-order chi connectivity index (χ1) is 15.5. The topological polar surface area (TPSA) is 92.5 Å². The van der Waals surface area contributed by atoms with Crippen LogP contribution in [0.1, 0.15) is 23.5 Å². The van der Waals surface area contributed by atoms with Crippen molar-refractivity contribution in [2.45, 2.75) is 30.0 Å². The van der Waals surface area contributed by atoms with Gasteiger partial charge in [-0.3, -0.25) is 4.79 Å². The van der Waals surface area contributed by atoms with E-state index in [0.29, 0.717) is 28.8 Å². The first-order valence-electron chi connectivity index (χ1n) is 10.3. The highest BCUT2D eigenvalue weighted by Gasteiger charge is 2.28. The molecule has 1 fully saturated rings. The number of para-hydroxylation sites is 1. The molecule has 1 aromatic carbocycles. The molecule has 0 aliphatic carbocycles. The normalized spacial score (nSPS) is 14.9. The fourth-order valence-corrected chi connectivity index (χ4v) is 7.57. The molecule has 0 spiro atoms. The number of thiazole rings is 1. The maximum Gasteiger partial charge on any atom is 0.252 e. The molecule has 4 heterocycles. The van der Waals surface area contributed by atoms with Gasteiger partial charge in [0.25, 0.3) is 10.0 Å². The second kappa shape index (κ2) is 8.78. The van der Waals surface area contributed by atoms with Gasteiger partial charge >= 0.3 is 0 Å². The minimum absolute atomic E-state index is 0.131. The van der Waals surface area contributed by atoms with Gasteiger partial charge in [0.2, 0.25) is 5.91 Å². The number of furan rings is 1. The van der Waals surface area contributed by atoms with E-state index < -0.39 is 10.0 Å². The van der Waals surface area contributed by atoms with Crippen LogP contribution in [0.4, 0.5) is 0 Å². The van der Waals surface area contributed by atoms with Crippen LogP contribution >= 0.6 is 22.7 Å². The van der Waals surface area contributed by atoms with Crippen LogP contribution in [0.25, 0.3) is 21.0 Å². The molecular formula is C22H21N3O4S3. The molecule has 0 saturated carbocycles. The van der Waals surface area contributed by atoms with Gasteiger partial charge in [-0.25, -0.2) is 13.4 Å². The van der Waals surface area contributed by atoms with Gasteiger partial charge in [-0.15, -0.1) is 22.7 Å². The molecule has 0 unspecified atom stereocenters. The van der Waals surface area contributed by atoms with Gasteiger partial charge in [0.05, 0.1) is 23.2 Å². The molecular weight excluding hydrogens is 466 g/mol. The third-order valence-corrected chi connectivity index (χ3v) is 9.76. The average molecular weight is 488 g/mol. The zero-order chi connectivity index (χ0) is 22.1. The molecule has 7 nitrogen and oxygen atoms in total. The van der Waals surface area contributed by atoms with E-state index in [9.17, 15) is 13.2 Å². The Morgan fingerprint density at radius 2 is 1.88 bits per heavy atom. The number of rotatable bonds is 7.